The SMILES string of the molecule is COc1ccc(-n2c(C)cc(C(=O)Nc3cccc(S(=O)(=O)NCc4ccco4)c3)c2C)cc1. The van der Waals surface area contributed by atoms with Crippen LogP contribution in [0.1, 0.15) is 27.5 Å². The summed E-state index contributed by atoms with van der Waals surface area (Å²) in [4.78, 5) is 13.1. The van der Waals surface area contributed by atoms with Gasteiger partial charge in [-0.15, -0.1) is 0 Å². The van der Waals surface area contributed by atoms with E-state index in [1.54, 1.807) is 37.4 Å². The molecule has 0 aliphatic rings. The highest BCUT2D eigenvalue weighted by molar-refractivity contribution is 7.89. The molecule has 0 aliphatic heterocycles. The minimum atomic E-state index is -3.79. The molecule has 34 heavy (non-hydrogen) atoms. The van der Waals surface area contributed by atoms with E-state index in [-0.39, 0.29) is 17.3 Å². The van der Waals surface area contributed by atoms with Gasteiger partial charge in [0.2, 0.25) is 10.0 Å². The minimum absolute atomic E-state index is 0.0310. The van der Waals surface area contributed by atoms with Crippen LogP contribution in [0.25, 0.3) is 5.69 Å². The first-order valence-corrected chi connectivity index (χ1v) is 12.0. The van der Waals surface area contributed by atoms with Gasteiger partial charge in [-0.1, -0.05) is 6.07 Å². The molecule has 0 spiro atoms. The van der Waals surface area contributed by atoms with Crippen molar-refractivity contribution in [2.75, 3.05) is 12.4 Å². The predicted molar refractivity (Wildman–Crippen MR) is 129 cm³/mol. The third-order valence-electron chi connectivity index (χ3n) is 5.43. The summed E-state index contributed by atoms with van der Waals surface area (Å²) in [6.45, 7) is 3.82. The molecule has 0 fully saturated rings. The number of sulfonamides is 1. The van der Waals surface area contributed by atoms with E-state index in [1.165, 1.54) is 18.4 Å². The number of furan rings is 1. The molecule has 9 heteroatoms. The molecule has 2 heterocycles. The lowest BCUT2D eigenvalue weighted by atomic mass is 10.2. The van der Waals surface area contributed by atoms with E-state index < -0.39 is 10.0 Å². The zero-order valence-electron chi connectivity index (χ0n) is 19.0. The maximum Gasteiger partial charge on any atom is 0.257 e. The molecule has 0 radical (unpaired) electrons. The molecule has 1 amide bonds. The summed E-state index contributed by atoms with van der Waals surface area (Å²) in [6.07, 6.45) is 1.48. The fourth-order valence-electron chi connectivity index (χ4n) is 3.72. The normalized spacial score (nSPS) is 11.4. The van der Waals surface area contributed by atoms with Crippen LogP contribution in [0.3, 0.4) is 0 Å². The Morgan fingerprint density at radius 2 is 1.79 bits per heavy atom. The van der Waals surface area contributed by atoms with Crippen molar-refractivity contribution in [3.05, 3.63) is 95.7 Å². The molecule has 0 saturated carbocycles. The Hall–Kier alpha value is -3.82. The topological polar surface area (TPSA) is 103 Å². The van der Waals surface area contributed by atoms with Gasteiger partial charge in [0, 0.05) is 22.8 Å². The summed E-state index contributed by atoms with van der Waals surface area (Å²) >= 11 is 0. The van der Waals surface area contributed by atoms with Crippen molar-refractivity contribution in [1.29, 1.82) is 0 Å². The summed E-state index contributed by atoms with van der Waals surface area (Å²) in [5, 5.41) is 2.81. The molecule has 4 rings (SSSR count). The lowest BCUT2D eigenvalue weighted by Gasteiger charge is -2.11. The van der Waals surface area contributed by atoms with Crippen LogP contribution in [0.2, 0.25) is 0 Å². The van der Waals surface area contributed by atoms with Gasteiger partial charge in [-0.3, -0.25) is 4.79 Å². The lowest BCUT2D eigenvalue weighted by molar-refractivity contribution is 0.102. The average Bonchev–Trinajstić information content (AvgIpc) is 3.46. The van der Waals surface area contributed by atoms with Crippen LogP contribution in [0.4, 0.5) is 5.69 Å². The zero-order valence-corrected chi connectivity index (χ0v) is 19.8. The fourth-order valence-corrected chi connectivity index (χ4v) is 4.76. The standard InChI is InChI=1S/C25H25N3O5S/c1-17-14-24(18(2)28(17)20-9-11-21(32-3)12-10-20)25(29)27-19-6-4-8-23(15-19)34(30,31)26-16-22-7-5-13-33-22/h4-15,26H,16H2,1-3H3,(H,27,29). The minimum Gasteiger partial charge on any atom is -0.497 e. The number of aromatic nitrogens is 1. The molecule has 8 nitrogen and oxygen atoms in total. The molecule has 2 aromatic heterocycles. The Morgan fingerprint density at radius 1 is 1.03 bits per heavy atom. The van der Waals surface area contributed by atoms with E-state index in [1.807, 2.05) is 42.7 Å². The highest BCUT2D eigenvalue weighted by Gasteiger charge is 2.19. The number of nitrogens with one attached hydrogen (secondary N) is 2. The quantitative estimate of drug-likeness (QED) is 0.389. The lowest BCUT2D eigenvalue weighted by Crippen LogP contribution is -2.23. The number of benzene rings is 2. The van der Waals surface area contributed by atoms with E-state index in [0.717, 1.165) is 22.8 Å². The van der Waals surface area contributed by atoms with E-state index in [4.69, 9.17) is 9.15 Å². The van der Waals surface area contributed by atoms with E-state index >= 15 is 0 Å². The third-order valence-corrected chi connectivity index (χ3v) is 6.82. The average molecular weight is 480 g/mol. The molecule has 2 N–H and O–H groups in total. The Bertz CT molecular complexity index is 1410. The second kappa shape index (κ2) is 9.58. The Labute approximate surface area is 198 Å². The number of hydrogen-bond donors (Lipinski definition) is 2. The van der Waals surface area contributed by atoms with Gasteiger partial charge >= 0.3 is 0 Å². The Balaban J connectivity index is 1.53. The first-order chi connectivity index (χ1) is 16.3. The highest BCUT2D eigenvalue weighted by atomic mass is 32.2. The number of ether oxygens (including phenoxy) is 1. The number of carbonyl (C=O) groups is 1. The smallest absolute Gasteiger partial charge is 0.257 e. The second-order valence-electron chi connectivity index (χ2n) is 7.70. The number of rotatable bonds is 8. The Morgan fingerprint density at radius 3 is 2.47 bits per heavy atom. The number of nitrogens with zero attached hydrogens (tertiary/aromatic N) is 1. The molecule has 176 valence electrons. The molecule has 0 atom stereocenters. The number of aryl methyl sites for hydroxylation is 1. The van der Waals surface area contributed by atoms with Crippen molar-refractivity contribution in [2.45, 2.75) is 25.3 Å². The van der Waals surface area contributed by atoms with Crippen LogP contribution in [0.15, 0.2) is 82.3 Å². The van der Waals surface area contributed by atoms with Crippen LogP contribution in [0, 0.1) is 13.8 Å². The van der Waals surface area contributed by atoms with E-state index in [2.05, 4.69) is 10.0 Å². The first kappa shape index (κ1) is 23.3. The van der Waals surface area contributed by atoms with E-state index in [0.29, 0.717) is 17.0 Å². The Kier molecular flexibility index (Phi) is 6.58. The van der Waals surface area contributed by atoms with Gasteiger partial charge < -0.3 is 19.0 Å². The van der Waals surface area contributed by atoms with Crippen molar-refractivity contribution >= 4 is 21.6 Å². The predicted octanol–water partition coefficient (Wildman–Crippen LogP) is 4.43. The van der Waals surface area contributed by atoms with Crippen molar-refractivity contribution in [1.82, 2.24) is 9.29 Å². The number of hydrogen-bond acceptors (Lipinski definition) is 5. The number of carbonyl (C=O) groups excluding carboxylic acids is 1. The summed E-state index contributed by atoms with van der Waals surface area (Å²) in [7, 11) is -2.18. The van der Waals surface area contributed by atoms with Crippen LogP contribution in [-0.2, 0) is 16.6 Å². The molecule has 0 bridgehead atoms. The summed E-state index contributed by atoms with van der Waals surface area (Å²) in [6, 6.07) is 18.9. The fraction of sp³-hybridized carbons (Fsp3) is 0.160. The van der Waals surface area contributed by atoms with Crippen molar-refractivity contribution in [2.24, 2.45) is 0 Å². The number of anilines is 1. The van der Waals surface area contributed by atoms with Gasteiger partial charge in [0.1, 0.15) is 11.5 Å². The molecule has 4 aromatic rings. The molecule has 0 unspecified atom stereocenters. The molecule has 0 saturated heterocycles. The van der Waals surface area contributed by atoms with Crippen molar-refractivity contribution < 1.29 is 22.4 Å². The number of methoxy groups -OCH3 is 1. The number of amides is 1. The van der Waals surface area contributed by atoms with Gasteiger partial charge in [0.05, 0.1) is 30.4 Å². The molecular formula is C25H25N3O5S. The second-order valence-corrected chi connectivity index (χ2v) is 9.47. The van der Waals surface area contributed by atoms with Gasteiger partial charge in [-0.2, -0.15) is 0 Å². The maximum absolute atomic E-state index is 13.1. The first-order valence-electron chi connectivity index (χ1n) is 10.6. The summed E-state index contributed by atoms with van der Waals surface area (Å²) in [5.74, 6) is 0.920. The maximum atomic E-state index is 13.1. The van der Waals surface area contributed by atoms with Crippen molar-refractivity contribution in [3.63, 3.8) is 0 Å². The summed E-state index contributed by atoms with van der Waals surface area (Å²) < 4.78 is 40.2. The van der Waals surface area contributed by atoms with E-state index in [9.17, 15) is 13.2 Å². The zero-order chi connectivity index (χ0) is 24.3. The molecule has 2 aromatic carbocycles. The van der Waals surface area contributed by atoms with Crippen LogP contribution >= 0.6 is 0 Å². The van der Waals surface area contributed by atoms with Gasteiger partial charge in [-0.25, -0.2) is 13.1 Å². The van der Waals surface area contributed by atoms with Gasteiger partial charge in [-0.05, 0) is 74.5 Å². The van der Waals surface area contributed by atoms with Crippen LogP contribution in [-0.4, -0.2) is 26.0 Å². The largest absolute Gasteiger partial charge is 0.497 e. The van der Waals surface area contributed by atoms with Gasteiger partial charge in [0.15, 0.2) is 0 Å². The monoisotopic (exact) mass is 479 g/mol. The highest BCUT2D eigenvalue weighted by Crippen LogP contribution is 2.24. The molecular weight excluding hydrogens is 454 g/mol. The van der Waals surface area contributed by atoms with Crippen LogP contribution < -0.4 is 14.8 Å². The third kappa shape index (κ3) is 4.90. The van der Waals surface area contributed by atoms with Gasteiger partial charge in [0.25, 0.3) is 5.91 Å². The van der Waals surface area contributed by atoms with Crippen LogP contribution in [0.5, 0.6) is 5.75 Å². The summed E-state index contributed by atoms with van der Waals surface area (Å²) in [5.41, 5.74) is 3.44. The van der Waals surface area contributed by atoms with Crippen molar-refractivity contribution in [3.8, 4) is 11.4 Å². The molecule has 0 aliphatic carbocycles.